The van der Waals surface area contributed by atoms with E-state index in [1.807, 2.05) is 44.2 Å². The average molecular weight is 458 g/mol. The van der Waals surface area contributed by atoms with Crippen LogP contribution in [0.4, 0.5) is 0 Å². The molecule has 1 N–H and O–H groups in total. The molecule has 0 aliphatic carbocycles. The molecule has 2 aromatic carbocycles. The molecule has 0 saturated carbocycles. The van der Waals surface area contributed by atoms with Crippen molar-refractivity contribution in [1.82, 2.24) is 14.5 Å². The molecule has 1 aliphatic rings. The number of amides is 1. The summed E-state index contributed by atoms with van der Waals surface area (Å²) in [7, 11) is 0. The third kappa shape index (κ3) is 3.93. The fourth-order valence-corrected chi connectivity index (χ4v) is 4.21. The molecule has 0 unspecified atom stereocenters. The number of halogens is 2. The number of nitrogens with zero attached hydrogens (tertiary/aromatic N) is 3. The molecule has 1 amide bonds. The Morgan fingerprint density at radius 2 is 1.81 bits per heavy atom. The zero-order valence-corrected chi connectivity index (χ0v) is 18.6. The van der Waals surface area contributed by atoms with Gasteiger partial charge in [0.05, 0.1) is 10.0 Å². The summed E-state index contributed by atoms with van der Waals surface area (Å²) in [6, 6.07) is 13.1. The van der Waals surface area contributed by atoms with Crippen molar-refractivity contribution in [3.05, 3.63) is 79.9 Å². The molecule has 8 heteroatoms. The number of carbonyl (C=O) groups is 1. The number of aromatic nitrogens is 2. The molecule has 0 atom stereocenters. The minimum Gasteiger partial charge on any atom is -0.501 e. The molecule has 1 aliphatic heterocycles. The molecule has 0 spiro atoms. The predicted molar refractivity (Wildman–Crippen MR) is 121 cm³/mol. The number of rotatable bonds is 4. The van der Waals surface area contributed by atoms with Gasteiger partial charge in [0.15, 0.2) is 5.69 Å². The average Bonchev–Trinajstić information content (AvgIpc) is 2.74. The molecule has 0 saturated heterocycles. The quantitative estimate of drug-likeness (QED) is 0.630. The maximum absolute atomic E-state index is 12.9. The summed E-state index contributed by atoms with van der Waals surface area (Å²) in [4.78, 5) is 31.1. The minimum atomic E-state index is -0.799. The van der Waals surface area contributed by atoms with Gasteiger partial charge in [0.25, 0.3) is 5.91 Å². The lowest BCUT2D eigenvalue weighted by molar-refractivity contribution is 0.0638. The van der Waals surface area contributed by atoms with E-state index in [4.69, 9.17) is 23.2 Å². The van der Waals surface area contributed by atoms with E-state index in [2.05, 4.69) is 4.98 Å². The molecule has 0 bridgehead atoms. The van der Waals surface area contributed by atoms with E-state index < -0.39 is 11.3 Å². The van der Waals surface area contributed by atoms with Crippen LogP contribution >= 0.6 is 23.2 Å². The van der Waals surface area contributed by atoms with E-state index >= 15 is 0 Å². The van der Waals surface area contributed by atoms with Gasteiger partial charge in [-0.1, -0.05) is 53.5 Å². The lowest BCUT2D eigenvalue weighted by atomic mass is 9.97. The Bertz CT molecular complexity index is 1240. The molecule has 31 heavy (non-hydrogen) atoms. The van der Waals surface area contributed by atoms with Crippen LogP contribution in [-0.4, -0.2) is 38.1 Å². The topological polar surface area (TPSA) is 75.4 Å². The zero-order chi connectivity index (χ0) is 22.3. The van der Waals surface area contributed by atoms with Crippen LogP contribution < -0.4 is 5.56 Å². The fraction of sp³-hybridized carbons (Fsp3) is 0.261. The van der Waals surface area contributed by atoms with Crippen molar-refractivity contribution in [3.8, 4) is 16.9 Å². The van der Waals surface area contributed by atoms with Gasteiger partial charge in [-0.3, -0.25) is 9.59 Å². The minimum absolute atomic E-state index is 0.00182. The fourth-order valence-electron chi connectivity index (χ4n) is 3.91. The van der Waals surface area contributed by atoms with Crippen LogP contribution in [0.3, 0.4) is 0 Å². The van der Waals surface area contributed by atoms with Crippen LogP contribution in [-0.2, 0) is 13.0 Å². The number of fused-ring (bicyclic) bond motifs is 1. The lowest BCUT2D eigenvalue weighted by Crippen LogP contribution is -2.46. The molecule has 0 radical (unpaired) electrons. The lowest BCUT2D eigenvalue weighted by Gasteiger charge is -2.34. The second kappa shape index (κ2) is 8.36. The maximum atomic E-state index is 12.9. The van der Waals surface area contributed by atoms with Crippen LogP contribution in [0.5, 0.6) is 5.75 Å². The van der Waals surface area contributed by atoms with Crippen molar-refractivity contribution in [2.45, 2.75) is 32.9 Å². The third-order valence-corrected chi connectivity index (χ3v) is 6.23. The monoisotopic (exact) mass is 457 g/mol. The number of hydrogen-bond acceptors (Lipinski definition) is 4. The van der Waals surface area contributed by atoms with Crippen LogP contribution in [0.15, 0.2) is 47.3 Å². The zero-order valence-electron chi connectivity index (χ0n) is 17.1. The van der Waals surface area contributed by atoms with Crippen LogP contribution in [0, 0.1) is 0 Å². The molecule has 160 valence electrons. The molecule has 3 aromatic rings. The summed E-state index contributed by atoms with van der Waals surface area (Å²) in [6.45, 7) is 4.73. The summed E-state index contributed by atoms with van der Waals surface area (Å²) >= 11 is 12.3. The van der Waals surface area contributed by atoms with Crippen LogP contribution in [0.25, 0.3) is 11.1 Å². The van der Waals surface area contributed by atoms with Gasteiger partial charge in [0.2, 0.25) is 5.75 Å². The van der Waals surface area contributed by atoms with Crippen molar-refractivity contribution in [2.24, 2.45) is 0 Å². The first kappa shape index (κ1) is 21.4. The first-order valence-electron chi connectivity index (χ1n) is 9.95. The summed E-state index contributed by atoms with van der Waals surface area (Å²) in [5.74, 6) is -0.531. The maximum Gasteiger partial charge on any atom is 0.315 e. The number of hydrogen-bond donors (Lipinski definition) is 1. The Balaban J connectivity index is 1.81. The van der Waals surface area contributed by atoms with Gasteiger partial charge in [0, 0.05) is 25.6 Å². The van der Waals surface area contributed by atoms with Gasteiger partial charge in [0.1, 0.15) is 5.82 Å². The van der Waals surface area contributed by atoms with Crippen molar-refractivity contribution in [2.75, 3.05) is 6.54 Å². The van der Waals surface area contributed by atoms with Gasteiger partial charge in [-0.15, -0.1) is 0 Å². The van der Waals surface area contributed by atoms with Crippen LogP contribution in [0.1, 0.15) is 35.7 Å². The van der Waals surface area contributed by atoms with Gasteiger partial charge < -0.3 is 14.6 Å². The summed E-state index contributed by atoms with van der Waals surface area (Å²) in [6.07, 6.45) is 0.313. The van der Waals surface area contributed by atoms with Gasteiger partial charge in [-0.2, -0.15) is 4.98 Å². The first-order chi connectivity index (χ1) is 14.8. The molecular formula is C23H21Cl2N3O3. The van der Waals surface area contributed by atoms with Crippen molar-refractivity contribution in [3.63, 3.8) is 0 Å². The van der Waals surface area contributed by atoms with E-state index in [1.54, 1.807) is 21.6 Å². The largest absolute Gasteiger partial charge is 0.501 e. The first-order valence-corrected chi connectivity index (χ1v) is 10.7. The predicted octanol–water partition coefficient (Wildman–Crippen LogP) is 4.38. The van der Waals surface area contributed by atoms with Crippen molar-refractivity contribution < 1.29 is 9.90 Å². The van der Waals surface area contributed by atoms with E-state index in [0.29, 0.717) is 35.4 Å². The highest BCUT2D eigenvalue weighted by atomic mass is 35.5. The molecule has 6 nitrogen and oxygen atoms in total. The normalized spacial score (nSPS) is 13.6. The third-order valence-electron chi connectivity index (χ3n) is 5.49. The van der Waals surface area contributed by atoms with Gasteiger partial charge in [-0.25, -0.2) is 0 Å². The van der Waals surface area contributed by atoms with Crippen molar-refractivity contribution in [1.29, 1.82) is 0 Å². The second-order valence-corrected chi connectivity index (χ2v) is 8.55. The van der Waals surface area contributed by atoms with Crippen molar-refractivity contribution >= 4 is 29.1 Å². The number of aromatic hydroxyl groups is 1. The van der Waals surface area contributed by atoms with Gasteiger partial charge >= 0.3 is 5.56 Å². The number of carbonyl (C=O) groups excluding carboxylic acids is 1. The molecule has 2 heterocycles. The summed E-state index contributed by atoms with van der Waals surface area (Å²) in [5, 5.41) is 11.2. The van der Waals surface area contributed by atoms with Crippen LogP contribution in [0.2, 0.25) is 10.0 Å². The molecule has 0 fully saturated rings. The van der Waals surface area contributed by atoms with E-state index in [1.165, 1.54) is 0 Å². The Morgan fingerprint density at radius 1 is 1.06 bits per heavy atom. The Labute approximate surface area is 189 Å². The smallest absolute Gasteiger partial charge is 0.315 e. The molecule has 1 aromatic heterocycles. The van der Waals surface area contributed by atoms with E-state index in [0.717, 1.165) is 16.7 Å². The highest BCUT2D eigenvalue weighted by Crippen LogP contribution is 2.32. The Hall–Kier alpha value is -2.83. The second-order valence-electron chi connectivity index (χ2n) is 7.74. The Kier molecular flexibility index (Phi) is 5.77. The standard InChI is InChI=1S/C23H21Cl2N3O3/c1-13(2)27-9-10-28-19(26-22(30)21(29)20(28)23(27)31)12-14-5-3-4-6-16(14)15-7-8-17(24)18(25)11-15/h3-8,11,13,29H,9-10,12H2,1-2H3. The van der Waals surface area contributed by atoms with E-state index in [-0.39, 0.29) is 17.6 Å². The van der Waals surface area contributed by atoms with Gasteiger partial charge in [-0.05, 0) is 42.7 Å². The highest BCUT2D eigenvalue weighted by molar-refractivity contribution is 6.42. The van der Waals surface area contributed by atoms with E-state index in [9.17, 15) is 14.7 Å². The number of benzene rings is 2. The summed E-state index contributed by atoms with van der Waals surface area (Å²) < 4.78 is 1.66. The molecular weight excluding hydrogens is 437 g/mol. The highest BCUT2D eigenvalue weighted by Gasteiger charge is 2.32. The molecule has 4 rings (SSSR count). The SMILES string of the molecule is CC(C)N1CCn2c(Cc3ccccc3-c3ccc(Cl)c(Cl)c3)nc(=O)c(O)c2C1=O. The summed E-state index contributed by atoms with van der Waals surface area (Å²) in [5.41, 5.74) is 1.91. The Morgan fingerprint density at radius 3 is 2.52 bits per heavy atom.